The predicted molar refractivity (Wildman–Crippen MR) is 92.0 cm³/mol. The van der Waals surface area contributed by atoms with Crippen LogP contribution in [0, 0.1) is 6.92 Å². The van der Waals surface area contributed by atoms with Crippen LogP contribution in [0.2, 0.25) is 10.0 Å². The third kappa shape index (κ3) is 4.81. The van der Waals surface area contributed by atoms with Gasteiger partial charge in [0.25, 0.3) is 0 Å². The first kappa shape index (κ1) is 17.0. The van der Waals surface area contributed by atoms with E-state index in [1.165, 1.54) is 6.21 Å². The first-order valence-corrected chi connectivity index (χ1v) is 7.38. The minimum absolute atomic E-state index is 0.316. The van der Waals surface area contributed by atoms with Crippen molar-refractivity contribution in [3.63, 3.8) is 0 Å². The Morgan fingerprint density at radius 1 is 1.04 bits per heavy atom. The molecule has 0 spiro atoms. The molecule has 0 bridgehead atoms. The van der Waals surface area contributed by atoms with Gasteiger partial charge in [-0.1, -0.05) is 53.0 Å². The molecule has 23 heavy (non-hydrogen) atoms. The Hall–Kier alpha value is -2.37. The quantitative estimate of drug-likeness (QED) is 0.506. The van der Waals surface area contributed by atoms with Crippen molar-refractivity contribution in [2.24, 2.45) is 5.10 Å². The van der Waals surface area contributed by atoms with Crippen LogP contribution in [0.25, 0.3) is 0 Å². The van der Waals surface area contributed by atoms with Gasteiger partial charge in [-0.3, -0.25) is 9.59 Å². The van der Waals surface area contributed by atoms with Crippen molar-refractivity contribution in [3.05, 3.63) is 63.6 Å². The van der Waals surface area contributed by atoms with Crippen molar-refractivity contribution in [1.82, 2.24) is 5.43 Å². The van der Waals surface area contributed by atoms with Gasteiger partial charge in [0.05, 0.1) is 16.3 Å². The molecule has 0 saturated heterocycles. The van der Waals surface area contributed by atoms with Gasteiger partial charge in [0.15, 0.2) is 0 Å². The largest absolute Gasteiger partial charge is 0.329 e. The van der Waals surface area contributed by atoms with Crippen LogP contribution >= 0.6 is 23.2 Å². The Balaban J connectivity index is 1.93. The number of nitrogens with one attached hydrogen (secondary N) is 2. The lowest BCUT2D eigenvalue weighted by atomic mass is 10.2. The number of amides is 2. The molecule has 118 valence electrons. The lowest BCUT2D eigenvalue weighted by Gasteiger charge is -2.04. The number of carbonyl (C=O) groups is 2. The van der Waals surface area contributed by atoms with E-state index in [4.69, 9.17) is 23.2 Å². The molecule has 0 unspecified atom stereocenters. The second kappa shape index (κ2) is 7.76. The van der Waals surface area contributed by atoms with E-state index in [-0.39, 0.29) is 0 Å². The van der Waals surface area contributed by atoms with Crippen LogP contribution in [0.4, 0.5) is 5.69 Å². The monoisotopic (exact) mass is 349 g/mol. The summed E-state index contributed by atoms with van der Waals surface area (Å²) in [7, 11) is 0. The SMILES string of the molecule is Cc1ccc(NC(=O)C(=O)N/N=C/c2cccc(Cl)c2Cl)cc1. The molecule has 2 aromatic carbocycles. The lowest BCUT2D eigenvalue weighted by molar-refractivity contribution is -0.136. The highest BCUT2D eigenvalue weighted by Crippen LogP contribution is 2.24. The van der Waals surface area contributed by atoms with Crippen molar-refractivity contribution >= 4 is 46.9 Å². The van der Waals surface area contributed by atoms with Crippen LogP contribution < -0.4 is 10.7 Å². The topological polar surface area (TPSA) is 70.6 Å². The summed E-state index contributed by atoms with van der Waals surface area (Å²) in [4.78, 5) is 23.4. The standard InChI is InChI=1S/C16H13Cl2N3O2/c1-10-5-7-12(8-6-10)20-15(22)16(23)21-19-9-11-3-2-4-13(17)14(11)18/h2-9H,1H3,(H,20,22)(H,21,23)/b19-9+. The van der Waals surface area contributed by atoms with Crippen LogP contribution in [0.1, 0.15) is 11.1 Å². The fraction of sp³-hybridized carbons (Fsp3) is 0.0625. The van der Waals surface area contributed by atoms with Gasteiger partial charge < -0.3 is 5.32 Å². The van der Waals surface area contributed by atoms with Crippen molar-refractivity contribution in [3.8, 4) is 0 Å². The van der Waals surface area contributed by atoms with Crippen LogP contribution in [0.15, 0.2) is 47.6 Å². The van der Waals surface area contributed by atoms with E-state index in [0.29, 0.717) is 21.3 Å². The van der Waals surface area contributed by atoms with Crippen molar-refractivity contribution < 1.29 is 9.59 Å². The summed E-state index contributed by atoms with van der Waals surface area (Å²) in [6, 6.07) is 12.1. The highest BCUT2D eigenvalue weighted by molar-refractivity contribution is 6.43. The summed E-state index contributed by atoms with van der Waals surface area (Å²) in [5.41, 5.74) is 4.23. The average Bonchev–Trinajstić information content (AvgIpc) is 2.53. The van der Waals surface area contributed by atoms with E-state index in [1.807, 2.05) is 19.1 Å². The molecule has 0 aliphatic rings. The zero-order chi connectivity index (χ0) is 16.8. The molecule has 2 rings (SSSR count). The number of aryl methyl sites for hydroxylation is 1. The first-order chi connectivity index (χ1) is 11.0. The smallest absolute Gasteiger partial charge is 0.318 e. The minimum atomic E-state index is -0.889. The summed E-state index contributed by atoms with van der Waals surface area (Å²) in [6.07, 6.45) is 1.31. The van der Waals surface area contributed by atoms with E-state index >= 15 is 0 Å². The lowest BCUT2D eigenvalue weighted by Crippen LogP contribution is -2.32. The Bertz CT molecular complexity index is 758. The molecule has 0 aromatic heterocycles. The maximum Gasteiger partial charge on any atom is 0.329 e. The average molecular weight is 350 g/mol. The number of hydrazone groups is 1. The van der Waals surface area contributed by atoms with Gasteiger partial charge in [0, 0.05) is 11.3 Å². The van der Waals surface area contributed by atoms with Gasteiger partial charge in [-0.05, 0) is 25.1 Å². The number of hydrogen-bond acceptors (Lipinski definition) is 3. The van der Waals surface area contributed by atoms with E-state index in [1.54, 1.807) is 30.3 Å². The molecule has 0 aliphatic heterocycles. The number of nitrogens with zero attached hydrogens (tertiary/aromatic N) is 1. The maximum absolute atomic E-state index is 11.7. The molecular formula is C16H13Cl2N3O2. The molecule has 2 aromatic rings. The Kier molecular flexibility index (Phi) is 5.73. The molecular weight excluding hydrogens is 337 g/mol. The zero-order valence-corrected chi connectivity index (χ0v) is 13.7. The zero-order valence-electron chi connectivity index (χ0n) is 12.1. The van der Waals surface area contributed by atoms with Crippen molar-refractivity contribution in [1.29, 1.82) is 0 Å². The van der Waals surface area contributed by atoms with Crippen LogP contribution in [0.3, 0.4) is 0 Å². The van der Waals surface area contributed by atoms with E-state index in [0.717, 1.165) is 5.56 Å². The first-order valence-electron chi connectivity index (χ1n) is 6.62. The molecule has 0 heterocycles. The molecule has 0 aliphatic carbocycles. The van der Waals surface area contributed by atoms with Gasteiger partial charge >= 0.3 is 11.8 Å². The Morgan fingerprint density at radius 2 is 1.74 bits per heavy atom. The third-order valence-electron chi connectivity index (χ3n) is 2.87. The maximum atomic E-state index is 11.7. The van der Waals surface area contributed by atoms with Crippen LogP contribution in [-0.4, -0.2) is 18.0 Å². The predicted octanol–water partition coefficient (Wildman–Crippen LogP) is 3.39. The number of carbonyl (C=O) groups excluding carboxylic acids is 2. The van der Waals surface area contributed by atoms with E-state index in [9.17, 15) is 9.59 Å². The van der Waals surface area contributed by atoms with Crippen molar-refractivity contribution in [2.75, 3.05) is 5.32 Å². The molecule has 7 heteroatoms. The Labute approximate surface area is 143 Å². The summed E-state index contributed by atoms with van der Waals surface area (Å²) in [6.45, 7) is 1.92. The normalized spacial score (nSPS) is 10.6. The fourth-order valence-corrected chi connectivity index (χ4v) is 2.01. The molecule has 0 radical (unpaired) electrons. The van der Waals surface area contributed by atoms with Crippen LogP contribution in [-0.2, 0) is 9.59 Å². The minimum Gasteiger partial charge on any atom is -0.318 e. The molecule has 2 N–H and O–H groups in total. The molecule has 2 amide bonds. The summed E-state index contributed by atoms with van der Waals surface area (Å²) < 4.78 is 0. The van der Waals surface area contributed by atoms with E-state index < -0.39 is 11.8 Å². The Morgan fingerprint density at radius 3 is 2.43 bits per heavy atom. The van der Waals surface area contributed by atoms with Gasteiger partial charge in [0.2, 0.25) is 0 Å². The second-order valence-electron chi connectivity index (χ2n) is 4.66. The van der Waals surface area contributed by atoms with Gasteiger partial charge in [0.1, 0.15) is 0 Å². The molecule has 5 nitrogen and oxygen atoms in total. The van der Waals surface area contributed by atoms with Gasteiger partial charge in [-0.15, -0.1) is 0 Å². The highest BCUT2D eigenvalue weighted by Gasteiger charge is 2.12. The molecule has 0 saturated carbocycles. The number of rotatable bonds is 3. The summed E-state index contributed by atoms with van der Waals surface area (Å²) in [5.74, 6) is -1.71. The second-order valence-corrected chi connectivity index (χ2v) is 5.45. The number of anilines is 1. The number of hydrogen-bond donors (Lipinski definition) is 2. The molecule has 0 atom stereocenters. The van der Waals surface area contributed by atoms with Gasteiger partial charge in [-0.2, -0.15) is 5.10 Å². The van der Waals surface area contributed by atoms with E-state index in [2.05, 4.69) is 15.8 Å². The van der Waals surface area contributed by atoms with Crippen molar-refractivity contribution in [2.45, 2.75) is 6.92 Å². The number of benzene rings is 2. The number of halogens is 2. The van der Waals surface area contributed by atoms with Gasteiger partial charge in [-0.25, -0.2) is 5.43 Å². The molecule has 0 fully saturated rings. The van der Waals surface area contributed by atoms with Crippen LogP contribution in [0.5, 0.6) is 0 Å². The summed E-state index contributed by atoms with van der Waals surface area (Å²) >= 11 is 11.8. The summed E-state index contributed by atoms with van der Waals surface area (Å²) in [5, 5.41) is 6.85. The fourth-order valence-electron chi connectivity index (χ4n) is 1.66. The highest BCUT2D eigenvalue weighted by atomic mass is 35.5. The third-order valence-corrected chi connectivity index (χ3v) is 3.70.